The molecule has 5 heteroatoms. The van der Waals surface area contributed by atoms with Gasteiger partial charge in [-0.3, -0.25) is 4.90 Å². The van der Waals surface area contributed by atoms with Crippen LogP contribution in [0.5, 0.6) is 0 Å². The third-order valence-corrected chi connectivity index (χ3v) is 4.53. The van der Waals surface area contributed by atoms with Crippen LogP contribution in [0.25, 0.3) is 0 Å². The first-order valence-electron chi connectivity index (χ1n) is 8.01. The Kier molecular flexibility index (Phi) is 6.87. The van der Waals surface area contributed by atoms with Crippen LogP contribution in [0.3, 0.4) is 0 Å². The number of nitrogens with one attached hydrogen (secondary N) is 1. The number of nitrogens with zero attached hydrogens (tertiary/aromatic N) is 1. The molecule has 1 fully saturated rings. The van der Waals surface area contributed by atoms with Gasteiger partial charge in [-0.1, -0.05) is 48.5 Å². The van der Waals surface area contributed by atoms with Crippen LogP contribution in [-0.2, 0) is 11.3 Å². The summed E-state index contributed by atoms with van der Waals surface area (Å²) in [4.78, 5) is 14.2. The van der Waals surface area contributed by atoms with Crippen LogP contribution in [0.4, 0.5) is 5.69 Å². The Morgan fingerprint density at radius 1 is 1.00 bits per heavy atom. The number of benzene rings is 2. The summed E-state index contributed by atoms with van der Waals surface area (Å²) in [6.45, 7) is 2.43. The van der Waals surface area contributed by atoms with E-state index in [1.54, 1.807) is 0 Å². The molecule has 1 aliphatic rings. The maximum atomic E-state index is 11.9. The average Bonchev–Trinajstić information content (AvgIpc) is 2.58. The van der Waals surface area contributed by atoms with Crippen molar-refractivity contribution in [3.8, 4) is 0 Å². The number of likely N-dealkylation sites (tertiary alicyclic amines) is 1. The maximum absolute atomic E-state index is 11.9. The van der Waals surface area contributed by atoms with E-state index in [-0.39, 0.29) is 29.6 Å². The van der Waals surface area contributed by atoms with Crippen molar-refractivity contribution < 1.29 is 39.5 Å². The minimum atomic E-state index is -0.867. The number of carboxylic acid groups (broad SMARTS) is 1. The normalized spacial score (nSPS) is 16.8. The molecule has 120 valence electrons. The third kappa shape index (κ3) is 4.61. The Morgan fingerprint density at radius 2 is 1.54 bits per heavy atom. The maximum Gasteiger partial charge on any atom is 1.00 e. The van der Waals surface area contributed by atoms with Gasteiger partial charge < -0.3 is 10.4 Å². The first-order chi connectivity index (χ1) is 11.2. The third-order valence-electron chi connectivity index (χ3n) is 4.53. The zero-order valence-electron chi connectivity index (χ0n) is 14.1. The van der Waals surface area contributed by atoms with Gasteiger partial charge in [0.05, 0.1) is 0 Å². The summed E-state index contributed by atoms with van der Waals surface area (Å²) >= 11 is 0. The summed E-state index contributed by atoms with van der Waals surface area (Å²) in [5.74, 6) is -0.763. The monoisotopic (exact) mass is 333 g/mol. The van der Waals surface area contributed by atoms with Gasteiger partial charge >= 0.3 is 35.5 Å². The Hall–Kier alpha value is -1.33. The molecule has 1 heterocycles. The summed E-state index contributed by atoms with van der Waals surface area (Å²) in [6, 6.07) is 19.9. The van der Waals surface area contributed by atoms with Gasteiger partial charge in [-0.05, 0) is 30.5 Å². The average molecular weight is 333 g/mol. The van der Waals surface area contributed by atoms with Crippen molar-refractivity contribution in [3.63, 3.8) is 0 Å². The first kappa shape index (κ1) is 19.0. The van der Waals surface area contributed by atoms with Crippen LogP contribution in [0, 0.1) is 0 Å². The SMILES string of the molecule is O=C(O)C1(Nc2ccccc2)CCN(Cc2ccccc2)CC1.[Na+]. The van der Waals surface area contributed by atoms with E-state index in [1.807, 2.05) is 48.5 Å². The van der Waals surface area contributed by atoms with Gasteiger partial charge in [-0.15, -0.1) is 0 Å². The second kappa shape index (κ2) is 8.67. The molecule has 0 saturated carbocycles. The van der Waals surface area contributed by atoms with Crippen LogP contribution >= 0.6 is 0 Å². The van der Waals surface area contributed by atoms with Crippen LogP contribution in [0.2, 0.25) is 0 Å². The second-order valence-corrected chi connectivity index (χ2v) is 6.14. The molecule has 2 N–H and O–H groups in total. The molecule has 0 atom stereocenters. The Morgan fingerprint density at radius 3 is 2.08 bits per heavy atom. The fraction of sp³-hybridized carbons (Fsp3) is 0.316. The van der Waals surface area contributed by atoms with Gasteiger partial charge in [0.2, 0.25) is 0 Å². The number of anilines is 1. The first-order valence-corrected chi connectivity index (χ1v) is 8.01. The number of hydrogen-bond acceptors (Lipinski definition) is 3. The number of para-hydroxylation sites is 1. The molecule has 0 aromatic heterocycles. The summed E-state index contributed by atoms with van der Waals surface area (Å²) in [7, 11) is 0. The van der Waals surface area contributed by atoms with E-state index in [1.165, 1.54) is 5.56 Å². The van der Waals surface area contributed by atoms with Crippen molar-refractivity contribution in [1.29, 1.82) is 0 Å². The predicted octanol–water partition coefficient (Wildman–Crippen LogP) is 0.222. The van der Waals surface area contributed by atoms with Gasteiger partial charge in [0.15, 0.2) is 0 Å². The number of carboxylic acids is 1. The molecule has 4 nitrogen and oxygen atoms in total. The van der Waals surface area contributed by atoms with Crippen molar-refractivity contribution in [2.24, 2.45) is 0 Å². The van der Waals surface area contributed by atoms with Gasteiger partial charge in [0.1, 0.15) is 5.54 Å². The van der Waals surface area contributed by atoms with Crippen LogP contribution in [-0.4, -0.2) is 34.6 Å². The Labute approximate surface area is 165 Å². The van der Waals surface area contributed by atoms with E-state index >= 15 is 0 Å². The number of carbonyl (C=O) groups is 1. The van der Waals surface area contributed by atoms with Crippen LogP contribution in [0.1, 0.15) is 18.4 Å². The molecule has 2 aromatic rings. The second-order valence-electron chi connectivity index (χ2n) is 6.14. The number of piperidine rings is 1. The van der Waals surface area contributed by atoms with Crippen molar-refractivity contribution in [1.82, 2.24) is 4.90 Å². The van der Waals surface area contributed by atoms with Gasteiger partial charge in [-0.2, -0.15) is 0 Å². The number of rotatable bonds is 5. The standard InChI is InChI=1S/C19H22N2O2.Na/c22-18(23)19(20-17-9-5-2-6-10-17)11-13-21(14-12-19)15-16-7-3-1-4-8-16;/h1-10,20H,11-15H2,(H,22,23);/q;+1. The quantitative estimate of drug-likeness (QED) is 0.769. The molecular formula is C19H22N2NaO2+. The molecule has 2 aromatic carbocycles. The topological polar surface area (TPSA) is 52.6 Å². The van der Waals surface area contributed by atoms with Crippen LogP contribution < -0.4 is 34.9 Å². The van der Waals surface area contributed by atoms with E-state index in [9.17, 15) is 9.90 Å². The molecule has 0 spiro atoms. The van der Waals surface area contributed by atoms with E-state index in [4.69, 9.17) is 0 Å². The zero-order valence-corrected chi connectivity index (χ0v) is 16.1. The molecule has 0 aliphatic carbocycles. The molecule has 0 radical (unpaired) electrons. The predicted molar refractivity (Wildman–Crippen MR) is 91.4 cm³/mol. The minimum Gasteiger partial charge on any atom is -0.480 e. The molecule has 0 bridgehead atoms. The fourth-order valence-corrected chi connectivity index (χ4v) is 3.12. The number of hydrogen-bond donors (Lipinski definition) is 2. The van der Waals surface area contributed by atoms with Gasteiger partial charge in [0, 0.05) is 25.3 Å². The van der Waals surface area contributed by atoms with E-state index in [2.05, 4.69) is 22.3 Å². The molecule has 1 aliphatic heterocycles. The summed E-state index contributed by atoms with van der Waals surface area (Å²) in [6.07, 6.45) is 1.20. The fourth-order valence-electron chi connectivity index (χ4n) is 3.12. The smallest absolute Gasteiger partial charge is 0.480 e. The van der Waals surface area contributed by atoms with Crippen molar-refractivity contribution in [2.75, 3.05) is 18.4 Å². The van der Waals surface area contributed by atoms with Gasteiger partial charge in [-0.25, -0.2) is 4.79 Å². The Bertz CT molecular complexity index is 641. The van der Waals surface area contributed by atoms with E-state index in [0.717, 1.165) is 25.3 Å². The molecule has 24 heavy (non-hydrogen) atoms. The van der Waals surface area contributed by atoms with Gasteiger partial charge in [0.25, 0.3) is 0 Å². The molecule has 0 unspecified atom stereocenters. The zero-order chi connectivity index (χ0) is 16.1. The molecule has 3 rings (SSSR count). The van der Waals surface area contributed by atoms with Crippen molar-refractivity contribution in [3.05, 3.63) is 66.2 Å². The van der Waals surface area contributed by atoms with Crippen molar-refractivity contribution in [2.45, 2.75) is 24.9 Å². The Balaban J connectivity index is 0.00000208. The van der Waals surface area contributed by atoms with E-state index in [0.29, 0.717) is 12.8 Å². The number of aliphatic carboxylic acids is 1. The summed E-state index contributed by atoms with van der Waals surface area (Å²) in [5.41, 5.74) is 1.27. The van der Waals surface area contributed by atoms with E-state index < -0.39 is 11.5 Å². The molecule has 0 amide bonds. The van der Waals surface area contributed by atoms with Crippen molar-refractivity contribution >= 4 is 11.7 Å². The largest absolute Gasteiger partial charge is 1.00 e. The molecule has 1 saturated heterocycles. The summed E-state index contributed by atoms with van der Waals surface area (Å²) < 4.78 is 0. The van der Waals surface area contributed by atoms with Crippen LogP contribution in [0.15, 0.2) is 60.7 Å². The minimum absolute atomic E-state index is 0. The molecular weight excluding hydrogens is 311 g/mol. The summed E-state index contributed by atoms with van der Waals surface area (Å²) in [5, 5.41) is 13.0.